The number of hydrogen-bond donors (Lipinski definition) is 1. The summed E-state index contributed by atoms with van der Waals surface area (Å²) in [4.78, 5) is 0. The third-order valence-corrected chi connectivity index (χ3v) is 2.71. The maximum atomic E-state index is 10.2. The Morgan fingerprint density at radius 3 is 2.47 bits per heavy atom. The quantitative estimate of drug-likeness (QED) is 0.791. The van der Waals surface area contributed by atoms with Crippen molar-refractivity contribution in [3.63, 3.8) is 0 Å². The van der Waals surface area contributed by atoms with E-state index < -0.39 is 5.60 Å². The fourth-order valence-corrected chi connectivity index (χ4v) is 1.73. The molecule has 0 saturated carbocycles. The van der Waals surface area contributed by atoms with Gasteiger partial charge in [0.1, 0.15) is 5.75 Å². The lowest BCUT2D eigenvalue weighted by molar-refractivity contribution is 0.0528. The van der Waals surface area contributed by atoms with E-state index in [1.165, 1.54) is 0 Å². The zero-order valence-electron chi connectivity index (χ0n) is 10.8. The molecule has 0 fully saturated rings. The lowest BCUT2D eigenvalue weighted by Gasteiger charge is -2.22. The van der Waals surface area contributed by atoms with Gasteiger partial charge in [0, 0.05) is 12.8 Å². The molecule has 0 aliphatic rings. The molecule has 2 heteroatoms. The second-order valence-electron chi connectivity index (χ2n) is 4.45. The number of benzene rings is 1. The van der Waals surface area contributed by atoms with Gasteiger partial charge in [-0.1, -0.05) is 12.1 Å². The van der Waals surface area contributed by atoms with Crippen molar-refractivity contribution in [1.82, 2.24) is 0 Å². The fraction of sp³-hybridized carbons (Fsp3) is 0.467. The van der Waals surface area contributed by atoms with E-state index in [0.29, 0.717) is 12.8 Å². The summed E-state index contributed by atoms with van der Waals surface area (Å²) in [6.07, 6.45) is 2.07. The summed E-state index contributed by atoms with van der Waals surface area (Å²) in [7, 11) is 1.65. The first-order valence-corrected chi connectivity index (χ1v) is 5.82. The number of aliphatic hydroxyl groups is 1. The molecule has 0 aliphatic carbocycles. The van der Waals surface area contributed by atoms with Crippen LogP contribution < -0.4 is 4.74 Å². The van der Waals surface area contributed by atoms with E-state index in [0.717, 1.165) is 17.7 Å². The molecular formula is C15H20O2. The average molecular weight is 232 g/mol. The van der Waals surface area contributed by atoms with Gasteiger partial charge < -0.3 is 9.84 Å². The first-order chi connectivity index (χ1) is 8.07. The molecular weight excluding hydrogens is 212 g/mol. The minimum absolute atomic E-state index is 0.641. The summed E-state index contributed by atoms with van der Waals surface area (Å²) in [5, 5.41) is 10.2. The highest BCUT2D eigenvalue weighted by molar-refractivity contribution is 5.28. The van der Waals surface area contributed by atoms with Crippen LogP contribution in [0.2, 0.25) is 0 Å². The van der Waals surface area contributed by atoms with Gasteiger partial charge in [-0.2, -0.15) is 0 Å². The smallest absolute Gasteiger partial charge is 0.118 e. The molecule has 1 aromatic carbocycles. The molecule has 0 radical (unpaired) electrons. The molecule has 0 bridgehead atoms. The maximum absolute atomic E-state index is 10.2. The monoisotopic (exact) mass is 232 g/mol. The molecule has 0 aromatic heterocycles. The molecule has 1 atom stereocenters. The van der Waals surface area contributed by atoms with Crippen molar-refractivity contribution in [1.29, 1.82) is 0 Å². The highest BCUT2D eigenvalue weighted by Gasteiger charge is 2.19. The van der Waals surface area contributed by atoms with Crippen molar-refractivity contribution in [2.45, 2.75) is 38.7 Å². The van der Waals surface area contributed by atoms with Crippen molar-refractivity contribution >= 4 is 0 Å². The number of rotatable bonds is 5. The maximum Gasteiger partial charge on any atom is 0.118 e. The van der Waals surface area contributed by atoms with Crippen molar-refractivity contribution in [2.75, 3.05) is 7.11 Å². The van der Waals surface area contributed by atoms with E-state index in [-0.39, 0.29) is 0 Å². The zero-order valence-corrected chi connectivity index (χ0v) is 10.8. The van der Waals surface area contributed by atoms with Gasteiger partial charge in [0.25, 0.3) is 0 Å². The van der Waals surface area contributed by atoms with Crippen LogP contribution in [-0.4, -0.2) is 17.8 Å². The first kappa shape index (κ1) is 13.6. The van der Waals surface area contributed by atoms with Crippen molar-refractivity contribution in [3.8, 4) is 17.6 Å². The van der Waals surface area contributed by atoms with Crippen LogP contribution in [-0.2, 0) is 6.42 Å². The molecule has 0 heterocycles. The Labute approximate surface area is 104 Å². The van der Waals surface area contributed by atoms with Crippen LogP contribution in [0, 0.1) is 11.8 Å². The molecule has 0 aliphatic heterocycles. The van der Waals surface area contributed by atoms with Crippen molar-refractivity contribution < 1.29 is 9.84 Å². The van der Waals surface area contributed by atoms with Gasteiger partial charge in [0.2, 0.25) is 0 Å². The molecule has 1 unspecified atom stereocenters. The van der Waals surface area contributed by atoms with Crippen molar-refractivity contribution in [3.05, 3.63) is 29.8 Å². The third-order valence-electron chi connectivity index (χ3n) is 2.71. The van der Waals surface area contributed by atoms with Gasteiger partial charge in [-0.25, -0.2) is 0 Å². The van der Waals surface area contributed by atoms with Crippen LogP contribution in [0.25, 0.3) is 0 Å². The fourth-order valence-electron chi connectivity index (χ4n) is 1.73. The zero-order chi connectivity index (χ0) is 12.7. The van der Waals surface area contributed by atoms with Crippen LogP contribution in [0.1, 0.15) is 32.3 Å². The summed E-state index contributed by atoms with van der Waals surface area (Å²) in [6, 6.07) is 7.80. The summed E-state index contributed by atoms with van der Waals surface area (Å²) in [6.45, 7) is 3.67. The highest BCUT2D eigenvalue weighted by Crippen LogP contribution is 2.20. The van der Waals surface area contributed by atoms with Crippen LogP contribution in [0.5, 0.6) is 5.75 Å². The Hall–Kier alpha value is -1.46. The highest BCUT2D eigenvalue weighted by atomic mass is 16.5. The largest absolute Gasteiger partial charge is 0.497 e. The number of hydrogen-bond acceptors (Lipinski definition) is 2. The molecule has 0 saturated heterocycles. The normalized spacial score (nSPS) is 13.4. The van der Waals surface area contributed by atoms with E-state index >= 15 is 0 Å². The summed E-state index contributed by atoms with van der Waals surface area (Å²) in [5.41, 5.74) is 0.415. The van der Waals surface area contributed by atoms with Gasteiger partial charge in [0.15, 0.2) is 0 Å². The van der Waals surface area contributed by atoms with E-state index in [2.05, 4.69) is 11.8 Å². The van der Waals surface area contributed by atoms with Gasteiger partial charge >= 0.3 is 0 Å². The van der Waals surface area contributed by atoms with Crippen molar-refractivity contribution in [2.24, 2.45) is 0 Å². The van der Waals surface area contributed by atoms with E-state index in [9.17, 15) is 5.11 Å². The Kier molecular flexibility index (Phi) is 5.06. The lowest BCUT2D eigenvalue weighted by Crippen LogP contribution is -2.26. The van der Waals surface area contributed by atoms with Gasteiger partial charge in [-0.05, 0) is 38.0 Å². The van der Waals surface area contributed by atoms with E-state index in [4.69, 9.17) is 4.74 Å². The van der Waals surface area contributed by atoms with Gasteiger partial charge in [-0.3, -0.25) is 0 Å². The summed E-state index contributed by atoms with van der Waals surface area (Å²) < 4.78 is 5.10. The molecule has 1 aromatic rings. The molecule has 0 spiro atoms. The number of methoxy groups -OCH3 is 1. The molecule has 1 N–H and O–H groups in total. The van der Waals surface area contributed by atoms with E-state index in [1.807, 2.05) is 38.1 Å². The Bertz CT molecular complexity index is 393. The lowest BCUT2D eigenvalue weighted by atomic mass is 9.92. The number of ether oxygens (including phenoxy) is 1. The second-order valence-corrected chi connectivity index (χ2v) is 4.45. The molecule has 2 nitrogen and oxygen atoms in total. The van der Waals surface area contributed by atoms with Crippen LogP contribution in [0.3, 0.4) is 0 Å². The van der Waals surface area contributed by atoms with Crippen LogP contribution in [0.15, 0.2) is 24.3 Å². The molecule has 92 valence electrons. The SMILES string of the molecule is CC#CCCC(C)(O)Cc1ccc(OC)cc1. The molecule has 1 rings (SSSR count). The third kappa shape index (κ3) is 4.93. The van der Waals surface area contributed by atoms with E-state index in [1.54, 1.807) is 7.11 Å². The van der Waals surface area contributed by atoms with Gasteiger partial charge in [-0.15, -0.1) is 11.8 Å². The topological polar surface area (TPSA) is 29.5 Å². The Morgan fingerprint density at radius 2 is 1.94 bits per heavy atom. The molecule has 0 amide bonds. The van der Waals surface area contributed by atoms with Crippen LogP contribution in [0.4, 0.5) is 0 Å². The average Bonchev–Trinajstić information content (AvgIpc) is 2.30. The predicted molar refractivity (Wildman–Crippen MR) is 70.0 cm³/mol. The Balaban J connectivity index is 2.57. The first-order valence-electron chi connectivity index (χ1n) is 5.82. The van der Waals surface area contributed by atoms with Crippen LogP contribution >= 0.6 is 0 Å². The standard InChI is InChI=1S/C15H20O2/c1-4-5-6-11-15(2,16)12-13-7-9-14(17-3)10-8-13/h7-10,16H,6,11-12H2,1-3H3. The predicted octanol–water partition coefficient (Wildman–Crippen LogP) is 2.79. The van der Waals surface area contributed by atoms with Gasteiger partial charge in [0.05, 0.1) is 12.7 Å². The molecule has 17 heavy (non-hydrogen) atoms. The second kappa shape index (κ2) is 6.32. The summed E-state index contributed by atoms with van der Waals surface area (Å²) >= 11 is 0. The Morgan fingerprint density at radius 1 is 1.29 bits per heavy atom. The minimum Gasteiger partial charge on any atom is -0.497 e. The minimum atomic E-state index is -0.696. The summed E-state index contributed by atoms with van der Waals surface area (Å²) in [5.74, 6) is 6.66.